The summed E-state index contributed by atoms with van der Waals surface area (Å²) in [5, 5.41) is 0.163. The molecule has 1 saturated heterocycles. The number of ether oxygens (including phenoxy) is 1. The van der Waals surface area contributed by atoms with E-state index in [1.807, 2.05) is 6.92 Å². The van der Waals surface area contributed by atoms with E-state index in [0.717, 1.165) is 18.6 Å². The third-order valence-corrected chi connectivity index (χ3v) is 3.62. The molecule has 0 spiro atoms. The molecule has 2 N–H and O–H groups in total. The highest BCUT2D eigenvalue weighted by Crippen LogP contribution is 2.35. The molecule has 17 heavy (non-hydrogen) atoms. The van der Waals surface area contributed by atoms with Crippen LogP contribution in [-0.4, -0.2) is 12.7 Å². The maximum absolute atomic E-state index is 13.2. The summed E-state index contributed by atoms with van der Waals surface area (Å²) in [6.07, 6.45) is 0.812. The van der Waals surface area contributed by atoms with Crippen molar-refractivity contribution < 1.29 is 13.5 Å². The first kappa shape index (κ1) is 12.7. The Bertz CT molecular complexity index is 427. The van der Waals surface area contributed by atoms with Crippen molar-refractivity contribution >= 4 is 11.6 Å². The zero-order valence-corrected chi connectivity index (χ0v) is 10.2. The molecule has 2 rings (SSSR count). The predicted molar refractivity (Wildman–Crippen MR) is 61.8 cm³/mol. The third-order valence-electron chi connectivity index (χ3n) is 3.29. The predicted octanol–water partition coefficient (Wildman–Crippen LogP) is 3.04. The van der Waals surface area contributed by atoms with Crippen molar-refractivity contribution in [2.45, 2.75) is 25.5 Å². The molecule has 1 aromatic rings. The molecule has 0 aromatic heterocycles. The van der Waals surface area contributed by atoms with Gasteiger partial charge in [0.05, 0.1) is 6.10 Å². The van der Waals surface area contributed by atoms with Crippen LogP contribution in [-0.2, 0) is 4.74 Å². The van der Waals surface area contributed by atoms with Gasteiger partial charge in [-0.05, 0) is 31.0 Å². The summed E-state index contributed by atoms with van der Waals surface area (Å²) in [6, 6.07) is 1.61. The molecule has 2 nitrogen and oxygen atoms in total. The van der Waals surface area contributed by atoms with Gasteiger partial charge in [-0.3, -0.25) is 0 Å². The average Bonchev–Trinajstić information content (AvgIpc) is 2.69. The third kappa shape index (κ3) is 2.44. The van der Waals surface area contributed by atoms with E-state index in [9.17, 15) is 8.78 Å². The SMILES string of the molecule is CC1OCCC1C(N)c1cc(F)c(F)cc1Cl. The van der Waals surface area contributed by atoms with Crippen molar-refractivity contribution in [1.29, 1.82) is 0 Å². The van der Waals surface area contributed by atoms with Gasteiger partial charge in [0.1, 0.15) is 0 Å². The molecule has 1 aromatic carbocycles. The van der Waals surface area contributed by atoms with Gasteiger partial charge in [0, 0.05) is 23.6 Å². The summed E-state index contributed by atoms with van der Waals surface area (Å²) in [7, 11) is 0. The highest BCUT2D eigenvalue weighted by molar-refractivity contribution is 6.31. The fourth-order valence-corrected chi connectivity index (χ4v) is 2.52. The summed E-state index contributed by atoms with van der Waals surface area (Å²) in [5.41, 5.74) is 6.49. The Morgan fingerprint density at radius 1 is 1.41 bits per heavy atom. The van der Waals surface area contributed by atoms with E-state index in [0.29, 0.717) is 12.2 Å². The summed E-state index contributed by atoms with van der Waals surface area (Å²) >= 11 is 5.90. The second-order valence-corrected chi connectivity index (χ2v) is 4.75. The minimum Gasteiger partial charge on any atom is -0.378 e. The van der Waals surface area contributed by atoms with Crippen LogP contribution in [0.3, 0.4) is 0 Å². The van der Waals surface area contributed by atoms with E-state index in [2.05, 4.69) is 0 Å². The largest absolute Gasteiger partial charge is 0.378 e. The van der Waals surface area contributed by atoms with Gasteiger partial charge >= 0.3 is 0 Å². The Kier molecular flexibility index (Phi) is 3.66. The quantitative estimate of drug-likeness (QED) is 0.831. The standard InChI is InChI=1S/C12H14ClF2NO/c1-6-7(2-3-17-6)12(16)8-4-10(14)11(15)5-9(8)13/h4-7,12H,2-3,16H2,1H3. The first-order valence-corrected chi connectivity index (χ1v) is 5.90. The number of nitrogens with two attached hydrogens (primary N) is 1. The number of hydrogen-bond donors (Lipinski definition) is 1. The highest BCUT2D eigenvalue weighted by Gasteiger charge is 2.32. The minimum absolute atomic E-state index is 0.00850. The number of halogens is 3. The lowest BCUT2D eigenvalue weighted by Gasteiger charge is -2.23. The summed E-state index contributed by atoms with van der Waals surface area (Å²) < 4.78 is 31.5. The second kappa shape index (κ2) is 4.88. The van der Waals surface area contributed by atoms with E-state index >= 15 is 0 Å². The number of rotatable bonds is 2. The van der Waals surface area contributed by atoms with Crippen molar-refractivity contribution in [3.05, 3.63) is 34.4 Å². The van der Waals surface area contributed by atoms with Crippen molar-refractivity contribution in [3.63, 3.8) is 0 Å². The van der Waals surface area contributed by atoms with Crippen LogP contribution in [0.4, 0.5) is 8.78 Å². The lowest BCUT2D eigenvalue weighted by atomic mass is 9.89. The highest BCUT2D eigenvalue weighted by atomic mass is 35.5. The zero-order valence-electron chi connectivity index (χ0n) is 9.42. The molecule has 3 unspecified atom stereocenters. The van der Waals surface area contributed by atoms with Gasteiger partial charge in [0.2, 0.25) is 0 Å². The molecular weight excluding hydrogens is 248 g/mol. The van der Waals surface area contributed by atoms with Gasteiger partial charge in [-0.25, -0.2) is 8.78 Å². The van der Waals surface area contributed by atoms with E-state index in [1.165, 1.54) is 0 Å². The molecule has 1 heterocycles. The average molecular weight is 262 g/mol. The van der Waals surface area contributed by atoms with E-state index in [1.54, 1.807) is 0 Å². The Morgan fingerprint density at radius 3 is 2.65 bits per heavy atom. The van der Waals surface area contributed by atoms with Crippen molar-refractivity contribution in [1.82, 2.24) is 0 Å². The van der Waals surface area contributed by atoms with Gasteiger partial charge in [0.25, 0.3) is 0 Å². The van der Waals surface area contributed by atoms with Crippen LogP contribution in [0.2, 0.25) is 5.02 Å². The van der Waals surface area contributed by atoms with Crippen LogP contribution < -0.4 is 5.73 Å². The van der Waals surface area contributed by atoms with E-state index in [4.69, 9.17) is 22.1 Å². The Balaban J connectivity index is 2.30. The van der Waals surface area contributed by atoms with Crippen LogP contribution in [0, 0.1) is 17.6 Å². The second-order valence-electron chi connectivity index (χ2n) is 4.34. The van der Waals surface area contributed by atoms with Crippen LogP contribution in [0.1, 0.15) is 24.9 Å². The lowest BCUT2D eigenvalue weighted by Crippen LogP contribution is -2.27. The van der Waals surface area contributed by atoms with Gasteiger partial charge in [-0.15, -0.1) is 0 Å². The Morgan fingerprint density at radius 2 is 2.06 bits per heavy atom. The van der Waals surface area contributed by atoms with Gasteiger partial charge in [-0.1, -0.05) is 11.6 Å². The molecule has 5 heteroatoms. The topological polar surface area (TPSA) is 35.2 Å². The Hall–Kier alpha value is -0.710. The van der Waals surface area contributed by atoms with Crippen LogP contribution in [0.5, 0.6) is 0 Å². The summed E-state index contributed by atoms with van der Waals surface area (Å²) in [5.74, 6) is -1.80. The smallest absolute Gasteiger partial charge is 0.160 e. The molecule has 3 atom stereocenters. The summed E-state index contributed by atoms with van der Waals surface area (Å²) in [6.45, 7) is 2.56. The molecule has 0 amide bonds. The van der Waals surface area contributed by atoms with Gasteiger partial charge < -0.3 is 10.5 Å². The monoisotopic (exact) mass is 261 g/mol. The molecule has 1 aliphatic rings. The fraction of sp³-hybridized carbons (Fsp3) is 0.500. The molecule has 1 aliphatic heterocycles. The van der Waals surface area contributed by atoms with Crippen LogP contribution in [0.25, 0.3) is 0 Å². The first-order valence-electron chi connectivity index (χ1n) is 5.52. The van der Waals surface area contributed by atoms with Crippen molar-refractivity contribution in [2.75, 3.05) is 6.61 Å². The first-order chi connectivity index (χ1) is 8.00. The minimum atomic E-state index is -0.957. The van der Waals surface area contributed by atoms with E-state index in [-0.39, 0.29) is 17.0 Å². The van der Waals surface area contributed by atoms with Crippen molar-refractivity contribution in [3.8, 4) is 0 Å². The maximum Gasteiger partial charge on any atom is 0.160 e. The van der Waals surface area contributed by atoms with Gasteiger partial charge in [-0.2, -0.15) is 0 Å². The molecule has 0 aliphatic carbocycles. The van der Waals surface area contributed by atoms with E-state index < -0.39 is 17.7 Å². The normalized spacial score (nSPS) is 26.2. The Labute approximate surface area is 104 Å². The van der Waals surface area contributed by atoms with Crippen LogP contribution in [0.15, 0.2) is 12.1 Å². The number of hydrogen-bond acceptors (Lipinski definition) is 2. The summed E-state index contributed by atoms with van der Waals surface area (Å²) in [4.78, 5) is 0. The molecule has 0 bridgehead atoms. The lowest BCUT2D eigenvalue weighted by molar-refractivity contribution is 0.0994. The molecule has 0 saturated carbocycles. The molecular formula is C12H14ClF2NO. The van der Waals surface area contributed by atoms with Gasteiger partial charge in [0.15, 0.2) is 11.6 Å². The molecule has 0 radical (unpaired) electrons. The van der Waals surface area contributed by atoms with Crippen LogP contribution >= 0.6 is 11.6 Å². The van der Waals surface area contributed by atoms with Crippen molar-refractivity contribution in [2.24, 2.45) is 11.7 Å². The zero-order chi connectivity index (χ0) is 12.6. The maximum atomic E-state index is 13.2. The number of benzene rings is 1. The molecule has 1 fully saturated rings. The fourth-order valence-electron chi connectivity index (χ4n) is 2.24. The molecule has 94 valence electrons.